The Bertz CT molecular complexity index is 1000. The van der Waals surface area contributed by atoms with Gasteiger partial charge >= 0.3 is 0 Å². The second-order valence-corrected chi connectivity index (χ2v) is 5.68. The van der Waals surface area contributed by atoms with Crippen molar-refractivity contribution in [2.75, 3.05) is 10.6 Å². The van der Waals surface area contributed by atoms with Crippen molar-refractivity contribution in [1.82, 2.24) is 4.98 Å². The molecule has 3 rings (SSSR count). The fraction of sp³-hybridized carbons (Fsp3) is 0.0526. The highest BCUT2D eigenvalue weighted by Crippen LogP contribution is 2.26. The molecule has 3 aromatic rings. The molecule has 0 aliphatic rings. The standard InChI is InChI=1S/C19H18FN5O/c1-11-10-15-16(22-11)8-9-17(18(15)20)23-12(2)24-19(21-3)25-13-4-6-14(26)7-5-13/h4-10,22-23,26H,2-3H2,1H3,(H,24,25). The van der Waals surface area contributed by atoms with Crippen molar-refractivity contribution in [2.24, 2.45) is 9.98 Å². The first-order valence-electron chi connectivity index (χ1n) is 7.81. The molecule has 0 aliphatic heterocycles. The molecule has 0 saturated carbocycles. The van der Waals surface area contributed by atoms with Crippen molar-refractivity contribution in [2.45, 2.75) is 6.92 Å². The predicted molar refractivity (Wildman–Crippen MR) is 104 cm³/mol. The predicted octanol–water partition coefficient (Wildman–Crippen LogP) is 4.37. The molecular weight excluding hydrogens is 333 g/mol. The summed E-state index contributed by atoms with van der Waals surface area (Å²) in [5.41, 5.74) is 2.53. The van der Waals surface area contributed by atoms with Crippen LogP contribution in [0.3, 0.4) is 0 Å². The van der Waals surface area contributed by atoms with Crippen molar-refractivity contribution in [3.63, 3.8) is 0 Å². The summed E-state index contributed by atoms with van der Waals surface area (Å²) >= 11 is 0. The van der Waals surface area contributed by atoms with Crippen molar-refractivity contribution in [3.05, 3.63) is 66.4 Å². The largest absolute Gasteiger partial charge is 0.508 e. The number of aliphatic imine (C=N–C) groups is 2. The van der Waals surface area contributed by atoms with Crippen LogP contribution in [0.2, 0.25) is 0 Å². The number of phenols is 1. The van der Waals surface area contributed by atoms with Crippen molar-refractivity contribution in [1.29, 1.82) is 0 Å². The quantitative estimate of drug-likeness (QED) is 0.320. The molecule has 2 aromatic carbocycles. The Morgan fingerprint density at radius 3 is 2.58 bits per heavy atom. The average molecular weight is 351 g/mol. The molecule has 0 fully saturated rings. The molecule has 1 heterocycles. The van der Waals surface area contributed by atoms with Gasteiger partial charge in [-0.25, -0.2) is 9.38 Å². The Kier molecular flexibility index (Phi) is 4.70. The number of aromatic hydroxyl groups is 1. The Morgan fingerprint density at radius 1 is 1.15 bits per heavy atom. The molecule has 7 heteroatoms. The molecule has 0 atom stereocenters. The number of H-pyrrole nitrogens is 1. The van der Waals surface area contributed by atoms with Crippen LogP contribution in [0.15, 0.2) is 64.8 Å². The summed E-state index contributed by atoms with van der Waals surface area (Å²) in [4.78, 5) is 11.0. The fourth-order valence-electron chi connectivity index (χ4n) is 2.49. The number of guanidine groups is 1. The summed E-state index contributed by atoms with van der Waals surface area (Å²) in [6.07, 6.45) is 0. The van der Waals surface area contributed by atoms with Gasteiger partial charge in [0.1, 0.15) is 11.6 Å². The second-order valence-electron chi connectivity index (χ2n) is 5.68. The summed E-state index contributed by atoms with van der Waals surface area (Å²) in [7, 11) is 0. The fourth-order valence-corrected chi connectivity index (χ4v) is 2.49. The maximum atomic E-state index is 14.6. The van der Waals surface area contributed by atoms with E-state index in [-0.39, 0.29) is 29.0 Å². The molecule has 0 saturated heterocycles. The maximum absolute atomic E-state index is 14.6. The summed E-state index contributed by atoms with van der Waals surface area (Å²) in [6, 6.07) is 11.5. The lowest BCUT2D eigenvalue weighted by molar-refractivity contribution is 0.475. The van der Waals surface area contributed by atoms with Crippen LogP contribution in [0.4, 0.5) is 15.8 Å². The Labute approximate surface area is 149 Å². The summed E-state index contributed by atoms with van der Waals surface area (Å²) in [6.45, 7) is 9.10. The van der Waals surface area contributed by atoms with Crippen molar-refractivity contribution < 1.29 is 9.50 Å². The van der Waals surface area contributed by atoms with E-state index < -0.39 is 0 Å². The third-order valence-electron chi connectivity index (χ3n) is 3.67. The molecule has 132 valence electrons. The second kappa shape index (κ2) is 7.10. The SMILES string of the molecule is C=N/C(=N\C(=C)Nc1ccc2[nH]c(C)cc2c1F)Nc1ccc(O)cc1. The highest BCUT2D eigenvalue weighted by atomic mass is 19.1. The number of rotatable bonds is 4. The molecule has 0 spiro atoms. The lowest BCUT2D eigenvalue weighted by Gasteiger charge is -2.10. The molecule has 0 radical (unpaired) electrons. The van der Waals surface area contributed by atoms with Gasteiger partial charge in [-0.05, 0) is 56.1 Å². The highest BCUT2D eigenvalue weighted by molar-refractivity contribution is 5.97. The summed E-state index contributed by atoms with van der Waals surface area (Å²) < 4.78 is 14.6. The molecule has 4 N–H and O–H groups in total. The number of nitrogens with zero attached hydrogens (tertiary/aromatic N) is 2. The van der Waals surface area contributed by atoms with Gasteiger partial charge in [-0.1, -0.05) is 6.58 Å². The van der Waals surface area contributed by atoms with Crippen LogP contribution in [0.25, 0.3) is 10.9 Å². The Hall–Kier alpha value is -3.61. The number of nitrogens with one attached hydrogen (secondary N) is 3. The van der Waals surface area contributed by atoms with E-state index in [1.165, 1.54) is 12.1 Å². The van der Waals surface area contributed by atoms with Crippen LogP contribution in [0.5, 0.6) is 5.75 Å². The molecule has 1 aromatic heterocycles. The monoisotopic (exact) mass is 351 g/mol. The molecule has 0 aliphatic carbocycles. The van der Waals surface area contributed by atoms with Gasteiger partial charge in [-0.3, -0.25) is 0 Å². The van der Waals surface area contributed by atoms with Gasteiger partial charge in [0.25, 0.3) is 0 Å². The summed E-state index contributed by atoms with van der Waals surface area (Å²) in [5, 5.41) is 15.6. The smallest absolute Gasteiger partial charge is 0.228 e. The molecular formula is C19H18FN5O. The Morgan fingerprint density at radius 2 is 1.88 bits per heavy atom. The van der Waals surface area contributed by atoms with E-state index in [0.717, 1.165) is 11.2 Å². The van der Waals surface area contributed by atoms with E-state index >= 15 is 0 Å². The third kappa shape index (κ3) is 3.72. The number of benzene rings is 2. The zero-order valence-electron chi connectivity index (χ0n) is 14.2. The van der Waals surface area contributed by atoms with E-state index in [9.17, 15) is 9.50 Å². The van der Waals surface area contributed by atoms with Crippen LogP contribution >= 0.6 is 0 Å². The number of hydrogen-bond donors (Lipinski definition) is 4. The number of fused-ring (bicyclic) bond motifs is 1. The van der Waals surface area contributed by atoms with Crippen LogP contribution < -0.4 is 10.6 Å². The van der Waals surface area contributed by atoms with Gasteiger partial charge in [-0.2, -0.15) is 4.99 Å². The number of hydrogen-bond acceptors (Lipinski definition) is 3. The lowest BCUT2D eigenvalue weighted by atomic mass is 10.2. The Balaban J connectivity index is 1.77. The number of aromatic amines is 1. The maximum Gasteiger partial charge on any atom is 0.228 e. The minimum Gasteiger partial charge on any atom is -0.508 e. The number of aryl methyl sites for hydroxylation is 1. The van der Waals surface area contributed by atoms with Gasteiger partial charge in [0.05, 0.1) is 5.69 Å². The number of anilines is 2. The van der Waals surface area contributed by atoms with Gasteiger partial charge in [0.2, 0.25) is 5.96 Å². The molecule has 0 unspecified atom stereocenters. The minimum absolute atomic E-state index is 0.150. The molecule has 0 bridgehead atoms. The summed E-state index contributed by atoms with van der Waals surface area (Å²) in [5.74, 6) is 0.150. The van der Waals surface area contributed by atoms with Gasteiger partial charge in [-0.15, -0.1) is 0 Å². The van der Waals surface area contributed by atoms with Gasteiger partial charge < -0.3 is 20.7 Å². The number of halogens is 1. The van der Waals surface area contributed by atoms with Crippen LogP contribution in [0, 0.1) is 12.7 Å². The van der Waals surface area contributed by atoms with Crippen molar-refractivity contribution >= 4 is 35.0 Å². The molecule has 6 nitrogen and oxygen atoms in total. The van der Waals surface area contributed by atoms with Crippen LogP contribution in [-0.4, -0.2) is 22.8 Å². The van der Waals surface area contributed by atoms with Gasteiger partial charge in [0.15, 0.2) is 5.82 Å². The normalized spacial score (nSPS) is 11.4. The topological polar surface area (TPSA) is 84.8 Å². The van der Waals surface area contributed by atoms with E-state index in [2.05, 4.69) is 38.9 Å². The van der Waals surface area contributed by atoms with Gasteiger partial charge in [0, 0.05) is 22.3 Å². The van der Waals surface area contributed by atoms with E-state index in [0.29, 0.717) is 11.1 Å². The molecule has 26 heavy (non-hydrogen) atoms. The number of phenolic OH excluding ortho intramolecular Hbond substituents is 1. The first-order chi connectivity index (χ1) is 12.5. The third-order valence-corrected chi connectivity index (χ3v) is 3.67. The van der Waals surface area contributed by atoms with Crippen molar-refractivity contribution in [3.8, 4) is 5.75 Å². The number of aromatic nitrogens is 1. The molecule has 0 amide bonds. The van der Waals surface area contributed by atoms with E-state index in [4.69, 9.17) is 0 Å². The van der Waals surface area contributed by atoms with Crippen LogP contribution in [0.1, 0.15) is 5.69 Å². The zero-order chi connectivity index (χ0) is 18.7. The van der Waals surface area contributed by atoms with Crippen LogP contribution in [-0.2, 0) is 0 Å². The highest BCUT2D eigenvalue weighted by Gasteiger charge is 2.10. The average Bonchev–Trinajstić information content (AvgIpc) is 3.00. The minimum atomic E-state index is -0.386. The first-order valence-corrected chi connectivity index (χ1v) is 7.81. The van der Waals surface area contributed by atoms with E-state index in [1.54, 1.807) is 30.3 Å². The lowest BCUT2D eigenvalue weighted by Crippen LogP contribution is -2.11. The zero-order valence-corrected chi connectivity index (χ0v) is 14.2. The van der Waals surface area contributed by atoms with E-state index in [1.807, 2.05) is 6.92 Å². The first kappa shape index (κ1) is 17.2.